The average Bonchev–Trinajstić information content (AvgIpc) is 2.44. The Kier molecular flexibility index (Phi) is 5.24. The molecular formula is C15H24BrN3O. The van der Waals surface area contributed by atoms with Crippen LogP contribution in [0.2, 0.25) is 0 Å². The van der Waals surface area contributed by atoms with Gasteiger partial charge in [0.25, 0.3) is 5.56 Å². The Morgan fingerprint density at radius 3 is 2.80 bits per heavy atom. The molecule has 2 rings (SSSR count). The lowest BCUT2D eigenvalue weighted by molar-refractivity contribution is 0.317. The van der Waals surface area contributed by atoms with E-state index in [1.165, 1.54) is 36.8 Å². The summed E-state index contributed by atoms with van der Waals surface area (Å²) in [6, 6.07) is 0.534. The zero-order chi connectivity index (χ0) is 14.7. The topological polar surface area (TPSA) is 46.9 Å². The highest BCUT2D eigenvalue weighted by Gasteiger charge is 2.24. The van der Waals surface area contributed by atoms with Crippen molar-refractivity contribution in [1.82, 2.24) is 9.78 Å². The molecule has 0 saturated heterocycles. The zero-order valence-electron chi connectivity index (χ0n) is 12.5. The summed E-state index contributed by atoms with van der Waals surface area (Å²) in [5.74, 6) is 0.697. The maximum absolute atomic E-state index is 12.2. The van der Waals surface area contributed by atoms with E-state index >= 15 is 0 Å². The summed E-state index contributed by atoms with van der Waals surface area (Å²) in [5.41, 5.74) is 0.770. The minimum atomic E-state index is -0.0612. The molecule has 1 N–H and O–H groups in total. The Morgan fingerprint density at radius 1 is 1.45 bits per heavy atom. The Bertz CT molecular complexity index is 512. The molecule has 1 fully saturated rings. The van der Waals surface area contributed by atoms with Gasteiger partial charge in [-0.15, -0.1) is 0 Å². The van der Waals surface area contributed by atoms with Crippen molar-refractivity contribution in [1.29, 1.82) is 0 Å². The maximum atomic E-state index is 12.2. The van der Waals surface area contributed by atoms with Gasteiger partial charge in [-0.1, -0.05) is 26.2 Å². The van der Waals surface area contributed by atoms with Gasteiger partial charge >= 0.3 is 0 Å². The van der Waals surface area contributed by atoms with E-state index in [9.17, 15) is 4.79 Å². The van der Waals surface area contributed by atoms with E-state index in [4.69, 9.17) is 0 Å². The monoisotopic (exact) mass is 341 g/mol. The first-order valence-corrected chi connectivity index (χ1v) is 8.37. The van der Waals surface area contributed by atoms with Crippen molar-refractivity contribution < 1.29 is 0 Å². The molecule has 1 aromatic heterocycles. The summed E-state index contributed by atoms with van der Waals surface area (Å²) >= 11 is 3.43. The lowest BCUT2D eigenvalue weighted by atomic mass is 9.83. The van der Waals surface area contributed by atoms with Gasteiger partial charge < -0.3 is 5.32 Å². The molecule has 1 aliphatic carbocycles. The molecular weight excluding hydrogens is 318 g/mol. The zero-order valence-corrected chi connectivity index (χ0v) is 14.1. The third kappa shape index (κ3) is 3.25. The summed E-state index contributed by atoms with van der Waals surface area (Å²) in [6.07, 6.45) is 8.01. The van der Waals surface area contributed by atoms with E-state index in [1.807, 2.05) is 13.8 Å². The maximum Gasteiger partial charge on any atom is 0.283 e. The van der Waals surface area contributed by atoms with Gasteiger partial charge in [0.1, 0.15) is 4.47 Å². The van der Waals surface area contributed by atoms with Crippen molar-refractivity contribution >= 4 is 21.6 Å². The van der Waals surface area contributed by atoms with Crippen LogP contribution in [0.5, 0.6) is 0 Å². The number of nitrogens with zero attached hydrogens (tertiary/aromatic N) is 2. The second-order valence-corrected chi connectivity index (χ2v) is 6.71. The summed E-state index contributed by atoms with van der Waals surface area (Å²) in [4.78, 5) is 12.2. The fraction of sp³-hybridized carbons (Fsp3) is 0.733. The fourth-order valence-electron chi connectivity index (χ4n) is 3.00. The van der Waals surface area contributed by atoms with Crippen molar-refractivity contribution in [3.8, 4) is 0 Å². The Hall–Kier alpha value is -0.840. The van der Waals surface area contributed by atoms with E-state index in [-0.39, 0.29) is 11.6 Å². The van der Waals surface area contributed by atoms with Crippen LogP contribution in [-0.2, 0) is 0 Å². The van der Waals surface area contributed by atoms with Gasteiger partial charge in [-0.25, -0.2) is 4.68 Å². The number of halogens is 1. The van der Waals surface area contributed by atoms with E-state index < -0.39 is 0 Å². The molecule has 0 radical (unpaired) electrons. The molecule has 1 aliphatic rings. The number of hydrogen-bond acceptors (Lipinski definition) is 3. The predicted molar refractivity (Wildman–Crippen MR) is 86.2 cm³/mol. The van der Waals surface area contributed by atoms with Gasteiger partial charge in [-0.3, -0.25) is 4.79 Å². The molecule has 4 nitrogen and oxygen atoms in total. The molecule has 5 heteroatoms. The molecule has 1 saturated carbocycles. The van der Waals surface area contributed by atoms with E-state index in [1.54, 1.807) is 6.20 Å². The Balaban J connectivity index is 2.21. The van der Waals surface area contributed by atoms with Gasteiger partial charge in [-0.2, -0.15) is 5.10 Å². The van der Waals surface area contributed by atoms with Gasteiger partial charge in [0.05, 0.1) is 17.9 Å². The first kappa shape index (κ1) is 15.5. The minimum Gasteiger partial charge on any atom is -0.380 e. The molecule has 2 unspecified atom stereocenters. The van der Waals surface area contributed by atoms with Crippen LogP contribution < -0.4 is 10.9 Å². The lowest BCUT2D eigenvalue weighted by Gasteiger charge is -2.32. The minimum absolute atomic E-state index is 0.0612. The number of anilines is 1. The largest absolute Gasteiger partial charge is 0.380 e. The molecule has 112 valence electrons. The van der Waals surface area contributed by atoms with Gasteiger partial charge in [0.15, 0.2) is 0 Å². The predicted octanol–water partition coefficient (Wildman–Crippen LogP) is 3.97. The molecule has 0 aliphatic heterocycles. The van der Waals surface area contributed by atoms with Gasteiger partial charge in [0, 0.05) is 6.04 Å². The molecule has 2 atom stereocenters. The summed E-state index contributed by atoms with van der Waals surface area (Å²) < 4.78 is 2.11. The van der Waals surface area contributed by atoms with Crippen LogP contribution in [0.1, 0.15) is 58.9 Å². The molecule has 20 heavy (non-hydrogen) atoms. The highest BCUT2D eigenvalue weighted by molar-refractivity contribution is 9.10. The highest BCUT2D eigenvalue weighted by Crippen LogP contribution is 2.30. The number of aromatic nitrogens is 2. The van der Waals surface area contributed by atoms with Crippen LogP contribution >= 0.6 is 15.9 Å². The van der Waals surface area contributed by atoms with Crippen LogP contribution in [-0.4, -0.2) is 15.8 Å². The van der Waals surface area contributed by atoms with Crippen molar-refractivity contribution in [2.24, 2.45) is 5.92 Å². The molecule has 0 aromatic carbocycles. The third-order valence-corrected chi connectivity index (χ3v) is 4.97. The summed E-state index contributed by atoms with van der Waals surface area (Å²) in [5, 5.41) is 7.80. The van der Waals surface area contributed by atoms with Crippen molar-refractivity contribution in [3.05, 3.63) is 21.0 Å². The Labute approximate surface area is 129 Å². The van der Waals surface area contributed by atoms with E-state index in [0.717, 1.165) is 5.69 Å². The average molecular weight is 342 g/mol. The van der Waals surface area contributed by atoms with Crippen LogP contribution in [0.4, 0.5) is 5.69 Å². The van der Waals surface area contributed by atoms with Crippen LogP contribution in [0.3, 0.4) is 0 Å². The van der Waals surface area contributed by atoms with Crippen LogP contribution in [0.25, 0.3) is 0 Å². The third-order valence-electron chi connectivity index (χ3n) is 4.21. The molecule has 0 amide bonds. The summed E-state index contributed by atoms with van der Waals surface area (Å²) in [7, 11) is 0. The number of nitrogens with one attached hydrogen (secondary N) is 1. The molecule has 0 spiro atoms. The van der Waals surface area contributed by atoms with Gasteiger partial charge in [0.2, 0.25) is 0 Å². The van der Waals surface area contributed by atoms with Crippen LogP contribution in [0, 0.1) is 5.92 Å². The van der Waals surface area contributed by atoms with E-state index in [2.05, 4.69) is 33.3 Å². The van der Waals surface area contributed by atoms with E-state index in [0.29, 0.717) is 16.4 Å². The molecule has 0 bridgehead atoms. The van der Waals surface area contributed by atoms with Gasteiger partial charge in [-0.05, 0) is 48.5 Å². The highest BCUT2D eigenvalue weighted by atomic mass is 79.9. The number of rotatable bonds is 4. The first-order chi connectivity index (χ1) is 9.54. The standard InChI is InChI=1S/C15H24BrN3O/c1-4-11-7-5-6-8-12(11)18-13-9-17-19(10(2)3)15(20)14(13)16/h9-12,18H,4-8H2,1-3H3. The van der Waals surface area contributed by atoms with Crippen molar-refractivity contribution in [2.45, 2.75) is 65.0 Å². The summed E-state index contributed by atoms with van der Waals surface area (Å²) in [6.45, 7) is 6.17. The molecule has 1 aromatic rings. The normalized spacial score (nSPS) is 23.1. The van der Waals surface area contributed by atoms with Crippen LogP contribution in [0.15, 0.2) is 15.5 Å². The smallest absolute Gasteiger partial charge is 0.283 e. The second-order valence-electron chi connectivity index (χ2n) is 5.92. The molecule has 1 heterocycles. The Morgan fingerprint density at radius 2 is 2.15 bits per heavy atom. The number of hydrogen-bond donors (Lipinski definition) is 1. The van der Waals surface area contributed by atoms with Crippen molar-refractivity contribution in [3.63, 3.8) is 0 Å². The quantitative estimate of drug-likeness (QED) is 0.901. The fourth-order valence-corrected chi connectivity index (χ4v) is 3.40. The lowest BCUT2D eigenvalue weighted by Crippen LogP contribution is -2.33. The SMILES string of the molecule is CCC1CCCCC1Nc1cnn(C(C)C)c(=O)c1Br. The second kappa shape index (κ2) is 6.74. The van der Waals surface area contributed by atoms with Crippen molar-refractivity contribution in [2.75, 3.05) is 5.32 Å². The first-order valence-electron chi connectivity index (χ1n) is 7.58.